The molecule has 1 aromatic carbocycles. The lowest BCUT2D eigenvalue weighted by atomic mass is 10.3. The molecule has 1 aromatic heterocycles. The van der Waals surface area contributed by atoms with E-state index in [1.165, 1.54) is 5.01 Å². The molecule has 84 valence electrons. The molecule has 1 heterocycles. The molecule has 0 aliphatic carbocycles. The maximum Gasteiger partial charge on any atom is 0.0926 e. The number of para-hydroxylation sites is 1. The number of aromatic nitrogens is 1. The minimum absolute atomic E-state index is 0.722. The van der Waals surface area contributed by atoms with Crippen molar-refractivity contribution in [3.63, 3.8) is 0 Å². The topological polar surface area (TPSA) is 24.9 Å². The second-order valence-corrected chi connectivity index (χ2v) is 4.77. The average molecular weight is 253 g/mol. The average Bonchev–Trinajstić information content (AvgIpc) is 2.76. The third-order valence-electron chi connectivity index (χ3n) is 2.24. The summed E-state index contributed by atoms with van der Waals surface area (Å²) in [6.45, 7) is 2.84. The van der Waals surface area contributed by atoms with Gasteiger partial charge in [-0.25, -0.2) is 4.98 Å². The lowest BCUT2D eigenvalue weighted by molar-refractivity contribution is 1.01. The van der Waals surface area contributed by atoms with Crippen LogP contribution in [0.4, 0.5) is 5.69 Å². The number of hydrogen-bond donors (Lipinski definition) is 1. The standard InChI is InChI=1S/C12H13ClN2S/c1-2-12-15-9(8-16-12)7-14-11-6-4-3-5-10(11)13/h3-6,8,14H,2,7H2,1H3. The third-order valence-corrected chi connectivity index (χ3v) is 3.61. The number of hydrogen-bond acceptors (Lipinski definition) is 3. The Morgan fingerprint density at radius 2 is 2.19 bits per heavy atom. The highest BCUT2D eigenvalue weighted by Crippen LogP contribution is 2.21. The fraction of sp³-hybridized carbons (Fsp3) is 0.250. The molecule has 4 heteroatoms. The number of benzene rings is 1. The molecule has 0 unspecified atom stereocenters. The van der Waals surface area contributed by atoms with Crippen molar-refractivity contribution in [2.75, 3.05) is 5.32 Å². The van der Waals surface area contributed by atoms with Crippen LogP contribution in [0.3, 0.4) is 0 Å². The van der Waals surface area contributed by atoms with Crippen LogP contribution in [0.2, 0.25) is 5.02 Å². The van der Waals surface area contributed by atoms with Gasteiger partial charge in [-0.15, -0.1) is 11.3 Å². The quantitative estimate of drug-likeness (QED) is 0.891. The van der Waals surface area contributed by atoms with Crippen molar-refractivity contribution in [3.05, 3.63) is 45.4 Å². The van der Waals surface area contributed by atoms with E-state index in [2.05, 4.69) is 22.6 Å². The van der Waals surface area contributed by atoms with Gasteiger partial charge in [0.05, 0.1) is 28.0 Å². The van der Waals surface area contributed by atoms with Crippen molar-refractivity contribution in [1.29, 1.82) is 0 Å². The van der Waals surface area contributed by atoms with Crippen LogP contribution in [0.25, 0.3) is 0 Å². The number of halogens is 1. The first-order chi connectivity index (χ1) is 7.79. The predicted octanol–water partition coefficient (Wildman–Crippen LogP) is 3.97. The molecular formula is C12H13ClN2S. The number of nitrogens with zero attached hydrogens (tertiary/aromatic N) is 1. The lowest BCUT2D eigenvalue weighted by Gasteiger charge is -2.05. The number of anilines is 1. The Bertz CT molecular complexity index is 468. The zero-order valence-corrected chi connectivity index (χ0v) is 10.6. The molecule has 0 spiro atoms. The van der Waals surface area contributed by atoms with Gasteiger partial charge in [0.1, 0.15) is 0 Å². The van der Waals surface area contributed by atoms with Crippen molar-refractivity contribution >= 4 is 28.6 Å². The highest BCUT2D eigenvalue weighted by atomic mass is 35.5. The van der Waals surface area contributed by atoms with Crippen LogP contribution < -0.4 is 5.32 Å². The number of thiazole rings is 1. The Labute approximate surface area is 104 Å². The van der Waals surface area contributed by atoms with Crippen LogP contribution in [0.15, 0.2) is 29.6 Å². The van der Waals surface area contributed by atoms with Gasteiger partial charge in [0, 0.05) is 5.38 Å². The summed E-state index contributed by atoms with van der Waals surface area (Å²) in [6.07, 6.45) is 0.997. The SMILES string of the molecule is CCc1nc(CNc2ccccc2Cl)cs1. The van der Waals surface area contributed by atoms with E-state index >= 15 is 0 Å². The molecule has 2 rings (SSSR count). The maximum absolute atomic E-state index is 6.04. The molecule has 0 amide bonds. The zero-order chi connectivity index (χ0) is 11.4. The zero-order valence-electron chi connectivity index (χ0n) is 9.03. The first-order valence-corrected chi connectivity index (χ1v) is 6.47. The summed E-state index contributed by atoms with van der Waals surface area (Å²) >= 11 is 7.75. The molecule has 1 N–H and O–H groups in total. The summed E-state index contributed by atoms with van der Waals surface area (Å²) in [4.78, 5) is 4.49. The Morgan fingerprint density at radius 1 is 1.38 bits per heavy atom. The maximum atomic E-state index is 6.04. The normalized spacial score (nSPS) is 10.4. The summed E-state index contributed by atoms with van der Waals surface area (Å²) in [5.74, 6) is 0. The smallest absolute Gasteiger partial charge is 0.0926 e. The van der Waals surface area contributed by atoms with Gasteiger partial charge in [-0.3, -0.25) is 0 Å². The van der Waals surface area contributed by atoms with E-state index in [0.29, 0.717) is 0 Å². The fourth-order valence-electron chi connectivity index (χ4n) is 1.38. The van der Waals surface area contributed by atoms with Crippen molar-refractivity contribution in [1.82, 2.24) is 4.98 Å². The Kier molecular flexibility index (Phi) is 3.80. The molecule has 2 nitrogen and oxygen atoms in total. The van der Waals surface area contributed by atoms with Crippen molar-refractivity contribution in [2.24, 2.45) is 0 Å². The summed E-state index contributed by atoms with van der Waals surface area (Å²) < 4.78 is 0. The number of aryl methyl sites for hydroxylation is 1. The van der Waals surface area contributed by atoms with E-state index in [-0.39, 0.29) is 0 Å². The van der Waals surface area contributed by atoms with Gasteiger partial charge in [-0.05, 0) is 18.6 Å². The molecule has 0 fully saturated rings. The molecule has 0 saturated carbocycles. The summed E-state index contributed by atoms with van der Waals surface area (Å²) in [5, 5.41) is 7.29. The van der Waals surface area contributed by atoms with Crippen LogP contribution >= 0.6 is 22.9 Å². The lowest BCUT2D eigenvalue weighted by Crippen LogP contribution is -2.00. The summed E-state index contributed by atoms with van der Waals surface area (Å²) in [5.41, 5.74) is 2.02. The van der Waals surface area contributed by atoms with E-state index in [1.807, 2.05) is 24.3 Å². The first-order valence-electron chi connectivity index (χ1n) is 5.21. The summed E-state index contributed by atoms with van der Waals surface area (Å²) in [6, 6.07) is 7.73. The molecule has 0 bridgehead atoms. The van der Waals surface area contributed by atoms with Crippen molar-refractivity contribution in [3.8, 4) is 0 Å². The van der Waals surface area contributed by atoms with E-state index in [4.69, 9.17) is 11.6 Å². The van der Waals surface area contributed by atoms with Gasteiger partial charge in [0.15, 0.2) is 0 Å². The molecule has 0 atom stereocenters. The van der Waals surface area contributed by atoms with Crippen LogP contribution in [0, 0.1) is 0 Å². The first kappa shape index (κ1) is 11.4. The Morgan fingerprint density at radius 3 is 2.88 bits per heavy atom. The Hall–Kier alpha value is -1.06. The molecule has 0 saturated heterocycles. The molecule has 0 aliphatic heterocycles. The molecular weight excluding hydrogens is 240 g/mol. The molecule has 2 aromatic rings. The second-order valence-electron chi connectivity index (χ2n) is 3.42. The van der Waals surface area contributed by atoms with Gasteiger partial charge in [-0.2, -0.15) is 0 Å². The van der Waals surface area contributed by atoms with Crippen molar-refractivity contribution in [2.45, 2.75) is 19.9 Å². The number of rotatable bonds is 4. The largest absolute Gasteiger partial charge is 0.378 e. The molecule has 0 radical (unpaired) electrons. The van der Waals surface area contributed by atoms with Crippen LogP contribution in [-0.2, 0) is 13.0 Å². The van der Waals surface area contributed by atoms with Crippen LogP contribution in [0.5, 0.6) is 0 Å². The van der Waals surface area contributed by atoms with E-state index < -0.39 is 0 Å². The minimum Gasteiger partial charge on any atom is -0.378 e. The summed E-state index contributed by atoms with van der Waals surface area (Å²) in [7, 11) is 0. The second kappa shape index (κ2) is 5.32. The monoisotopic (exact) mass is 252 g/mol. The molecule has 16 heavy (non-hydrogen) atoms. The Balaban J connectivity index is 1.99. The van der Waals surface area contributed by atoms with E-state index in [1.54, 1.807) is 11.3 Å². The highest BCUT2D eigenvalue weighted by Gasteiger charge is 2.01. The third kappa shape index (κ3) is 2.74. The van der Waals surface area contributed by atoms with E-state index in [0.717, 1.165) is 29.4 Å². The molecule has 0 aliphatic rings. The van der Waals surface area contributed by atoms with Crippen LogP contribution in [-0.4, -0.2) is 4.98 Å². The predicted molar refractivity (Wildman–Crippen MR) is 70.3 cm³/mol. The van der Waals surface area contributed by atoms with Gasteiger partial charge in [0.25, 0.3) is 0 Å². The minimum atomic E-state index is 0.722. The van der Waals surface area contributed by atoms with Gasteiger partial charge in [0.2, 0.25) is 0 Å². The van der Waals surface area contributed by atoms with Gasteiger partial charge in [-0.1, -0.05) is 30.7 Å². The number of nitrogens with one attached hydrogen (secondary N) is 1. The highest BCUT2D eigenvalue weighted by molar-refractivity contribution is 7.09. The van der Waals surface area contributed by atoms with Gasteiger partial charge >= 0.3 is 0 Å². The fourth-order valence-corrected chi connectivity index (χ4v) is 2.33. The van der Waals surface area contributed by atoms with Crippen LogP contribution in [0.1, 0.15) is 17.6 Å². The van der Waals surface area contributed by atoms with Crippen molar-refractivity contribution < 1.29 is 0 Å². The van der Waals surface area contributed by atoms with E-state index in [9.17, 15) is 0 Å². The van der Waals surface area contributed by atoms with Gasteiger partial charge < -0.3 is 5.32 Å².